The van der Waals surface area contributed by atoms with Crippen LogP contribution in [0, 0.1) is 5.82 Å². The summed E-state index contributed by atoms with van der Waals surface area (Å²) < 4.78 is 22.4. The number of hydrogen-bond acceptors (Lipinski definition) is 3. The lowest BCUT2D eigenvalue weighted by Crippen LogP contribution is -2.24. The Labute approximate surface area is 152 Å². The Kier molecular flexibility index (Phi) is 5.14. The van der Waals surface area contributed by atoms with Gasteiger partial charge in [-0.25, -0.2) is 9.37 Å². The van der Waals surface area contributed by atoms with Crippen LogP contribution in [-0.4, -0.2) is 15.5 Å². The van der Waals surface area contributed by atoms with Crippen molar-refractivity contribution >= 4 is 21.8 Å². The van der Waals surface area contributed by atoms with Gasteiger partial charge in [-0.15, -0.1) is 0 Å². The third kappa shape index (κ3) is 4.24. The fraction of sp³-hybridized carbons (Fsp3) is 0.111. The van der Waals surface area contributed by atoms with Crippen molar-refractivity contribution in [1.82, 2.24) is 14.9 Å². The van der Waals surface area contributed by atoms with E-state index in [4.69, 9.17) is 4.74 Å². The molecule has 0 bridgehead atoms. The first kappa shape index (κ1) is 17.2. The topological polar surface area (TPSA) is 56.2 Å². The summed E-state index contributed by atoms with van der Waals surface area (Å²) in [7, 11) is 1.84. The third-order valence-electron chi connectivity index (χ3n) is 3.56. The highest BCUT2D eigenvalue weighted by atomic mass is 79.9. The number of carbonyl (C=O) groups is 1. The molecule has 0 atom stereocenters. The number of amides is 1. The SMILES string of the molecule is Cn1ccnc1CNC(=O)c1ccc(Oc2ccc(Br)cc2)c(F)c1. The van der Waals surface area contributed by atoms with Crippen molar-refractivity contribution in [3.63, 3.8) is 0 Å². The van der Waals surface area contributed by atoms with Crippen LogP contribution in [-0.2, 0) is 13.6 Å². The van der Waals surface area contributed by atoms with Gasteiger partial charge in [-0.2, -0.15) is 0 Å². The zero-order chi connectivity index (χ0) is 17.8. The average Bonchev–Trinajstić information content (AvgIpc) is 3.01. The lowest BCUT2D eigenvalue weighted by molar-refractivity contribution is 0.0949. The third-order valence-corrected chi connectivity index (χ3v) is 4.09. The molecule has 0 aliphatic carbocycles. The van der Waals surface area contributed by atoms with E-state index in [0.29, 0.717) is 11.6 Å². The van der Waals surface area contributed by atoms with E-state index in [1.807, 2.05) is 7.05 Å². The number of imidazole rings is 1. The molecule has 0 radical (unpaired) electrons. The molecule has 0 saturated carbocycles. The van der Waals surface area contributed by atoms with Crippen LogP contribution in [0.4, 0.5) is 4.39 Å². The maximum atomic E-state index is 14.2. The second-order valence-electron chi connectivity index (χ2n) is 5.34. The van der Waals surface area contributed by atoms with Crippen LogP contribution >= 0.6 is 15.9 Å². The highest BCUT2D eigenvalue weighted by Crippen LogP contribution is 2.26. The number of rotatable bonds is 5. The van der Waals surface area contributed by atoms with Crippen molar-refractivity contribution in [2.45, 2.75) is 6.54 Å². The number of benzene rings is 2. The predicted molar refractivity (Wildman–Crippen MR) is 95.0 cm³/mol. The standard InChI is InChI=1S/C18H15BrFN3O2/c1-23-9-8-21-17(23)11-22-18(24)12-2-7-16(15(20)10-12)25-14-5-3-13(19)4-6-14/h2-10H,11H2,1H3,(H,22,24). The van der Waals surface area contributed by atoms with Gasteiger partial charge in [0, 0.05) is 29.5 Å². The van der Waals surface area contributed by atoms with E-state index in [-0.39, 0.29) is 23.8 Å². The van der Waals surface area contributed by atoms with Gasteiger partial charge in [0.2, 0.25) is 0 Å². The van der Waals surface area contributed by atoms with E-state index in [9.17, 15) is 9.18 Å². The number of aromatic nitrogens is 2. The summed E-state index contributed by atoms with van der Waals surface area (Å²) in [5.74, 6) is 0.297. The van der Waals surface area contributed by atoms with Crippen molar-refractivity contribution < 1.29 is 13.9 Å². The smallest absolute Gasteiger partial charge is 0.251 e. The average molecular weight is 404 g/mol. The zero-order valence-corrected chi connectivity index (χ0v) is 15.0. The van der Waals surface area contributed by atoms with Gasteiger partial charge in [0.25, 0.3) is 5.91 Å². The fourth-order valence-electron chi connectivity index (χ4n) is 2.18. The summed E-state index contributed by atoms with van der Waals surface area (Å²) in [6.45, 7) is 0.265. The molecule has 0 spiro atoms. The first-order chi connectivity index (χ1) is 12.0. The minimum absolute atomic E-state index is 0.0583. The van der Waals surface area contributed by atoms with Crippen molar-refractivity contribution in [2.24, 2.45) is 7.05 Å². The van der Waals surface area contributed by atoms with Crippen LogP contribution in [0.2, 0.25) is 0 Å². The van der Waals surface area contributed by atoms with E-state index in [0.717, 1.165) is 10.5 Å². The highest BCUT2D eigenvalue weighted by molar-refractivity contribution is 9.10. The monoisotopic (exact) mass is 403 g/mol. The Hall–Kier alpha value is -2.67. The lowest BCUT2D eigenvalue weighted by atomic mass is 10.2. The van der Waals surface area contributed by atoms with Gasteiger partial charge < -0.3 is 14.6 Å². The summed E-state index contributed by atoms with van der Waals surface area (Å²) >= 11 is 3.32. The Bertz CT molecular complexity index is 894. The second kappa shape index (κ2) is 7.48. The van der Waals surface area contributed by atoms with Gasteiger partial charge in [-0.05, 0) is 42.5 Å². The van der Waals surface area contributed by atoms with Crippen molar-refractivity contribution in [3.05, 3.63) is 76.5 Å². The molecule has 3 aromatic rings. The molecule has 0 aliphatic rings. The molecule has 25 heavy (non-hydrogen) atoms. The molecule has 0 aliphatic heterocycles. The number of aryl methyl sites for hydroxylation is 1. The van der Waals surface area contributed by atoms with Crippen molar-refractivity contribution in [1.29, 1.82) is 0 Å². The summed E-state index contributed by atoms with van der Waals surface area (Å²) in [5, 5.41) is 2.71. The quantitative estimate of drug-likeness (QED) is 0.699. The van der Waals surface area contributed by atoms with Gasteiger partial charge in [-0.1, -0.05) is 15.9 Å². The number of ether oxygens (including phenoxy) is 1. The van der Waals surface area contributed by atoms with E-state index in [2.05, 4.69) is 26.2 Å². The number of nitrogens with zero attached hydrogens (tertiary/aromatic N) is 2. The van der Waals surface area contributed by atoms with Gasteiger partial charge in [0.1, 0.15) is 11.6 Å². The molecular formula is C18H15BrFN3O2. The number of halogens is 2. The van der Waals surface area contributed by atoms with Gasteiger partial charge >= 0.3 is 0 Å². The van der Waals surface area contributed by atoms with Crippen LogP contribution in [0.15, 0.2) is 59.3 Å². The van der Waals surface area contributed by atoms with Crippen LogP contribution in [0.1, 0.15) is 16.2 Å². The summed E-state index contributed by atoms with van der Waals surface area (Å²) in [5.41, 5.74) is 0.217. The normalized spacial score (nSPS) is 10.5. The molecule has 128 valence electrons. The Morgan fingerprint density at radius 3 is 2.68 bits per heavy atom. The van der Waals surface area contributed by atoms with Gasteiger partial charge in [0.05, 0.1) is 6.54 Å². The van der Waals surface area contributed by atoms with Crippen LogP contribution < -0.4 is 10.1 Å². The number of hydrogen-bond donors (Lipinski definition) is 1. The maximum Gasteiger partial charge on any atom is 0.251 e. The Balaban J connectivity index is 1.67. The fourth-order valence-corrected chi connectivity index (χ4v) is 2.45. The maximum absolute atomic E-state index is 14.2. The predicted octanol–water partition coefficient (Wildman–Crippen LogP) is 4.04. The highest BCUT2D eigenvalue weighted by Gasteiger charge is 2.12. The number of nitrogens with one attached hydrogen (secondary N) is 1. The summed E-state index contributed by atoms with van der Waals surface area (Å²) in [6.07, 6.45) is 3.44. The molecule has 5 nitrogen and oxygen atoms in total. The first-order valence-electron chi connectivity index (χ1n) is 7.50. The first-order valence-corrected chi connectivity index (χ1v) is 8.29. The van der Waals surface area contributed by atoms with Crippen LogP contribution in [0.25, 0.3) is 0 Å². The summed E-state index contributed by atoms with van der Waals surface area (Å²) in [4.78, 5) is 16.3. The molecule has 0 unspecified atom stereocenters. The lowest BCUT2D eigenvalue weighted by Gasteiger charge is -2.09. The Morgan fingerprint density at radius 2 is 2.04 bits per heavy atom. The van der Waals surface area contributed by atoms with Crippen molar-refractivity contribution in [2.75, 3.05) is 0 Å². The molecule has 1 aromatic heterocycles. The van der Waals surface area contributed by atoms with Crippen LogP contribution in [0.3, 0.4) is 0 Å². The molecule has 1 amide bonds. The van der Waals surface area contributed by atoms with Crippen LogP contribution in [0.5, 0.6) is 11.5 Å². The zero-order valence-electron chi connectivity index (χ0n) is 13.4. The molecule has 1 heterocycles. The molecule has 1 N–H and O–H groups in total. The minimum Gasteiger partial charge on any atom is -0.454 e. The molecule has 2 aromatic carbocycles. The summed E-state index contributed by atoms with van der Waals surface area (Å²) in [6, 6.07) is 11.1. The number of carbonyl (C=O) groups excluding carboxylic acids is 1. The minimum atomic E-state index is -0.604. The van der Waals surface area contributed by atoms with Gasteiger partial charge in [0.15, 0.2) is 11.6 Å². The molecular weight excluding hydrogens is 389 g/mol. The second-order valence-corrected chi connectivity index (χ2v) is 6.25. The van der Waals surface area contributed by atoms with Crippen molar-refractivity contribution in [3.8, 4) is 11.5 Å². The molecule has 0 saturated heterocycles. The Morgan fingerprint density at radius 1 is 1.28 bits per heavy atom. The van der Waals surface area contributed by atoms with E-state index < -0.39 is 5.82 Å². The van der Waals surface area contributed by atoms with E-state index in [1.165, 1.54) is 12.1 Å². The molecule has 3 rings (SSSR count). The molecule has 7 heteroatoms. The van der Waals surface area contributed by atoms with E-state index in [1.54, 1.807) is 41.2 Å². The molecule has 0 fully saturated rings. The van der Waals surface area contributed by atoms with Gasteiger partial charge in [-0.3, -0.25) is 4.79 Å². The van der Waals surface area contributed by atoms with E-state index >= 15 is 0 Å². The largest absolute Gasteiger partial charge is 0.454 e.